The minimum Gasteiger partial charge on any atom is -0.463 e. The SMILES string of the molecule is O=C1CC/C=C\CN(c2ccc3ccccc3c2)C(=O)[C@@H]2N(CCCCO)C(=O)[C@H]3[C@H](C(=O)N[C@H](c4ccccc4)CO1)[C@H]1O[C@@]23C=C1Br. The number of carbonyl (C=O) groups is 4. The van der Waals surface area contributed by atoms with Crippen LogP contribution in [0.25, 0.3) is 10.8 Å². The number of halogens is 1. The van der Waals surface area contributed by atoms with Crippen LogP contribution in [0.5, 0.6) is 0 Å². The van der Waals surface area contributed by atoms with E-state index in [2.05, 4.69) is 21.2 Å². The molecule has 2 N–H and O–H groups in total. The number of fused-ring (bicyclic) bond motifs is 3. The summed E-state index contributed by atoms with van der Waals surface area (Å²) in [5.41, 5.74) is -0.0124. The van der Waals surface area contributed by atoms with Gasteiger partial charge in [0.25, 0.3) is 5.91 Å². The number of nitrogens with one attached hydrogen (secondary N) is 1. The number of likely N-dealkylation sites (tertiary alicyclic amines) is 1. The van der Waals surface area contributed by atoms with Gasteiger partial charge in [-0.25, -0.2) is 0 Å². The molecule has 11 heteroatoms. The number of cyclic esters (lactones) is 1. The van der Waals surface area contributed by atoms with Gasteiger partial charge in [0.05, 0.1) is 17.9 Å². The van der Waals surface area contributed by atoms with Crippen molar-refractivity contribution >= 4 is 56.1 Å². The second kappa shape index (κ2) is 13.9. The van der Waals surface area contributed by atoms with Gasteiger partial charge in [-0.3, -0.25) is 19.2 Å². The van der Waals surface area contributed by atoms with Crippen LogP contribution in [-0.2, 0) is 28.7 Å². The fourth-order valence-corrected chi connectivity index (χ4v) is 8.40. The van der Waals surface area contributed by atoms with Crippen LogP contribution in [0.2, 0.25) is 0 Å². The maximum Gasteiger partial charge on any atom is 0.306 e. The number of unbranched alkanes of at least 4 members (excludes halogenated alkanes) is 1. The zero-order chi connectivity index (χ0) is 34.1. The highest BCUT2D eigenvalue weighted by Gasteiger charge is 2.74. The molecule has 2 fully saturated rings. The van der Waals surface area contributed by atoms with Crippen molar-refractivity contribution in [2.75, 3.05) is 31.2 Å². The number of allylic oxidation sites excluding steroid dienone is 1. The number of hydrogen-bond donors (Lipinski definition) is 2. The standard InChI is InChI=1S/C38H38BrN3O7/c39-28-22-38-32-31(33(28)49-38)35(45)40-29(25-12-3-1-4-13-25)23-48-30(44)15-5-2-8-18-41(27-17-16-24-11-6-7-14-26(24)21-27)37(47)34(38)42(36(32)46)19-9-10-20-43/h1-4,6-8,11-14,16-17,21-22,29,31-34,43H,5,9-10,15,18-20,23H2,(H,40,45)/b8-2-/t29-,31-,32+,33-,34-,38+/m0/s1. The lowest BCUT2D eigenvalue weighted by atomic mass is 9.74. The Morgan fingerprint density at radius 2 is 1.69 bits per heavy atom. The summed E-state index contributed by atoms with van der Waals surface area (Å²) >= 11 is 3.62. The van der Waals surface area contributed by atoms with E-state index in [0.717, 1.165) is 16.3 Å². The molecule has 4 aliphatic rings. The van der Waals surface area contributed by atoms with Crippen molar-refractivity contribution in [2.45, 2.75) is 49.5 Å². The van der Waals surface area contributed by atoms with Gasteiger partial charge in [0.15, 0.2) is 0 Å². The third-order valence-corrected chi connectivity index (χ3v) is 10.7. The predicted octanol–water partition coefficient (Wildman–Crippen LogP) is 4.57. The van der Waals surface area contributed by atoms with E-state index in [1.807, 2.05) is 84.9 Å². The molecule has 3 aromatic carbocycles. The van der Waals surface area contributed by atoms with E-state index in [-0.39, 0.29) is 44.5 Å². The van der Waals surface area contributed by atoms with Gasteiger partial charge < -0.3 is 29.7 Å². The molecular weight excluding hydrogens is 690 g/mol. The number of rotatable bonds is 6. The first-order chi connectivity index (χ1) is 23.8. The van der Waals surface area contributed by atoms with E-state index < -0.39 is 47.5 Å². The zero-order valence-corrected chi connectivity index (χ0v) is 28.5. The lowest BCUT2D eigenvalue weighted by molar-refractivity contribution is -0.145. The number of nitrogens with zero attached hydrogens (tertiary/aromatic N) is 2. The first kappa shape index (κ1) is 33.2. The summed E-state index contributed by atoms with van der Waals surface area (Å²) in [5, 5.41) is 14.6. The molecule has 4 heterocycles. The lowest BCUT2D eigenvalue weighted by Gasteiger charge is -2.36. The maximum atomic E-state index is 15.1. The van der Waals surface area contributed by atoms with Gasteiger partial charge in [-0.05, 0) is 53.8 Å². The molecule has 4 aliphatic heterocycles. The molecule has 0 aromatic heterocycles. The van der Waals surface area contributed by atoms with Crippen LogP contribution in [0.4, 0.5) is 5.69 Å². The fourth-order valence-electron chi connectivity index (χ4n) is 7.67. The van der Waals surface area contributed by atoms with Crippen LogP contribution >= 0.6 is 15.9 Å². The number of anilines is 1. The topological polar surface area (TPSA) is 125 Å². The normalized spacial score (nSPS) is 29.5. The van der Waals surface area contributed by atoms with Gasteiger partial charge in [-0.1, -0.05) is 88.7 Å². The van der Waals surface area contributed by atoms with E-state index in [4.69, 9.17) is 9.47 Å². The highest BCUT2D eigenvalue weighted by molar-refractivity contribution is 9.11. The third kappa shape index (κ3) is 6.08. The van der Waals surface area contributed by atoms with Crippen molar-refractivity contribution in [2.24, 2.45) is 11.8 Å². The summed E-state index contributed by atoms with van der Waals surface area (Å²) in [5.74, 6) is -3.44. The van der Waals surface area contributed by atoms with E-state index in [9.17, 15) is 19.5 Å². The first-order valence-electron chi connectivity index (χ1n) is 16.8. The van der Waals surface area contributed by atoms with Crippen LogP contribution in [0.3, 0.4) is 0 Å². The highest BCUT2D eigenvalue weighted by Crippen LogP contribution is 2.58. The molecule has 0 unspecified atom stereocenters. The average Bonchev–Trinajstić information content (AvgIpc) is 3.71. The van der Waals surface area contributed by atoms with Crippen LogP contribution < -0.4 is 10.2 Å². The molecule has 5 bridgehead atoms. The molecule has 7 rings (SSSR count). The Morgan fingerprint density at radius 3 is 2.49 bits per heavy atom. The highest BCUT2D eigenvalue weighted by atomic mass is 79.9. The van der Waals surface area contributed by atoms with Crippen molar-refractivity contribution < 1.29 is 33.8 Å². The summed E-state index contributed by atoms with van der Waals surface area (Å²) < 4.78 is 12.9. The minimum absolute atomic E-state index is 0.0519. The molecular formula is C38H38BrN3O7. The van der Waals surface area contributed by atoms with Gasteiger partial charge in [-0.15, -0.1) is 0 Å². The number of carbonyl (C=O) groups excluding carboxylic acids is 4. The minimum atomic E-state index is -1.40. The molecule has 0 aliphatic carbocycles. The number of benzene rings is 3. The predicted molar refractivity (Wildman–Crippen MR) is 186 cm³/mol. The van der Waals surface area contributed by atoms with Gasteiger partial charge in [0, 0.05) is 36.3 Å². The molecule has 2 saturated heterocycles. The van der Waals surface area contributed by atoms with Gasteiger partial charge in [-0.2, -0.15) is 0 Å². The Hall–Kier alpha value is -4.32. The summed E-state index contributed by atoms with van der Waals surface area (Å²) in [6.45, 7) is 0.257. The molecule has 10 nitrogen and oxygen atoms in total. The molecule has 3 aromatic rings. The number of amides is 3. The molecule has 49 heavy (non-hydrogen) atoms. The Morgan fingerprint density at radius 1 is 0.918 bits per heavy atom. The van der Waals surface area contributed by atoms with Crippen LogP contribution in [0.15, 0.2) is 95.5 Å². The van der Waals surface area contributed by atoms with E-state index in [0.29, 0.717) is 29.4 Å². The zero-order valence-electron chi connectivity index (χ0n) is 26.9. The Balaban J connectivity index is 1.33. The number of aliphatic hydroxyl groups excluding tert-OH is 1. The number of esters is 1. The van der Waals surface area contributed by atoms with Gasteiger partial charge in [0.1, 0.15) is 24.4 Å². The van der Waals surface area contributed by atoms with Crippen molar-refractivity contribution in [1.29, 1.82) is 0 Å². The van der Waals surface area contributed by atoms with E-state index in [1.165, 1.54) is 0 Å². The van der Waals surface area contributed by atoms with Crippen LogP contribution in [-0.4, -0.2) is 77.7 Å². The molecule has 0 saturated carbocycles. The largest absolute Gasteiger partial charge is 0.463 e. The Bertz CT molecular complexity index is 1830. The second-order valence-corrected chi connectivity index (χ2v) is 13.9. The number of ether oxygens (including phenoxy) is 2. The first-order valence-corrected chi connectivity index (χ1v) is 17.5. The lowest BCUT2D eigenvalue weighted by Crippen LogP contribution is -2.56. The van der Waals surface area contributed by atoms with E-state index >= 15 is 4.79 Å². The summed E-state index contributed by atoms with van der Waals surface area (Å²) in [6, 6.07) is 21.2. The number of hydrogen-bond acceptors (Lipinski definition) is 7. The summed E-state index contributed by atoms with van der Waals surface area (Å²) in [4.78, 5) is 59.9. The number of aliphatic hydroxyl groups is 1. The molecule has 254 valence electrons. The Labute approximate surface area is 292 Å². The summed E-state index contributed by atoms with van der Waals surface area (Å²) in [7, 11) is 0. The average molecular weight is 729 g/mol. The third-order valence-electron chi connectivity index (χ3n) is 9.98. The van der Waals surface area contributed by atoms with Gasteiger partial charge >= 0.3 is 5.97 Å². The van der Waals surface area contributed by atoms with Crippen LogP contribution in [0.1, 0.15) is 37.3 Å². The van der Waals surface area contributed by atoms with E-state index in [1.54, 1.807) is 15.9 Å². The van der Waals surface area contributed by atoms with Crippen molar-refractivity contribution in [3.8, 4) is 0 Å². The van der Waals surface area contributed by atoms with Gasteiger partial charge in [0.2, 0.25) is 11.8 Å². The van der Waals surface area contributed by atoms with Crippen LogP contribution in [0, 0.1) is 11.8 Å². The molecule has 0 radical (unpaired) electrons. The van der Waals surface area contributed by atoms with Crippen molar-refractivity contribution in [3.05, 3.63) is 101 Å². The van der Waals surface area contributed by atoms with Crippen molar-refractivity contribution in [1.82, 2.24) is 10.2 Å². The second-order valence-electron chi connectivity index (χ2n) is 12.9. The Kier molecular flexibility index (Phi) is 9.41. The monoisotopic (exact) mass is 727 g/mol. The quantitative estimate of drug-likeness (QED) is 0.217. The van der Waals surface area contributed by atoms with Crippen molar-refractivity contribution in [3.63, 3.8) is 0 Å². The molecule has 1 spiro atoms. The molecule has 6 atom stereocenters. The summed E-state index contributed by atoms with van der Waals surface area (Å²) in [6.07, 6.45) is 6.16. The molecule has 3 amide bonds. The fraction of sp³-hybridized carbons (Fsp3) is 0.368. The smallest absolute Gasteiger partial charge is 0.306 e. The maximum absolute atomic E-state index is 15.1.